The topological polar surface area (TPSA) is 85.0 Å². The lowest BCUT2D eigenvalue weighted by atomic mass is 10.3. The lowest BCUT2D eigenvalue weighted by Crippen LogP contribution is -2.13. The second-order valence-electron chi connectivity index (χ2n) is 6.51. The van der Waals surface area contributed by atoms with E-state index in [1.807, 2.05) is 60.7 Å². The van der Waals surface area contributed by atoms with Gasteiger partial charge in [-0.25, -0.2) is 4.79 Å². The van der Waals surface area contributed by atoms with Crippen molar-refractivity contribution in [2.24, 2.45) is 20.5 Å². The molecule has 0 radical (unpaired) electrons. The number of benzene rings is 4. The Labute approximate surface area is 184 Å². The minimum Gasteiger partial charge on any atom is -0.395 e. The number of azo groups is 2. The van der Waals surface area contributed by atoms with Crippen LogP contribution in [0.2, 0.25) is 0 Å². The summed E-state index contributed by atoms with van der Waals surface area (Å²) in [6.45, 7) is 0. The highest BCUT2D eigenvalue weighted by atomic mass is 16.7. The van der Waals surface area contributed by atoms with Crippen molar-refractivity contribution in [3.63, 3.8) is 0 Å². The van der Waals surface area contributed by atoms with Gasteiger partial charge >= 0.3 is 6.16 Å². The first-order chi connectivity index (χ1) is 15.7. The number of carbonyl (C=O) groups excluding carboxylic acids is 1. The number of rotatable bonds is 6. The molecule has 4 aromatic carbocycles. The van der Waals surface area contributed by atoms with Gasteiger partial charge in [-0.2, -0.15) is 20.5 Å². The first kappa shape index (κ1) is 20.6. The molecule has 0 saturated heterocycles. The van der Waals surface area contributed by atoms with Gasteiger partial charge in [0.2, 0.25) is 0 Å². The van der Waals surface area contributed by atoms with E-state index in [9.17, 15) is 4.79 Å². The van der Waals surface area contributed by atoms with Gasteiger partial charge in [-0.05, 0) is 72.8 Å². The lowest BCUT2D eigenvalue weighted by Gasteiger charge is -2.05. The van der Waals surface area contributed by atoms with Gasteiger partial charge in [0.25, 0.3) is 0 Å². The average Bonchev–Trinajstić information content (AvgIpc) is 2.84. The van der Waals surface area contributed by atoms with Crippen LogP contribution in [0.25, 0.3) is 0 Å². The van der Waals surface area contributed by atoms with Crippen molar-refractivity contribution in [3.05, 3.63) is 109 Å². The van der Waals surface area contributed by atoms with E-state index in [0.29, 0.717) is 22.9 Å². The highest BCUT2D eigenvalue weighted by molar-refractivity contribution is 5.67. The summed E-state index contributed by atoms with van der Waals surface area (Å²) in [4.78, 5) is 12.0. The number of ether oxygens (including phenoxy) is 2. The number of hydrogen-bond donors (Lipinski definition) is 0. The van der Waals surface area contributed by atoms with Crippen molar-refractivity contribution in [2.45, 2.75) is 0 Å². The molecule has 156 valence electrons. The Balaban J connectivity index is 1.29. The van der Waals surface area contributed by atoms with Crippen LogP contribution in [0.4, 0.5) is 27.5 Å². The molecule has 0 spiro atoms. The van der Waals surface area contributed by atoms with E-state index in [1.165, 1.54) is 0 Å². The van der Waals surface area contributed by atoms with Crippen molar-refractivity contribution in [2.75, 3.05) is 0 Å². The summed E-state index contributed by atoms with van der Waals surface area (Å²) in [5, 5.41) is 16.6. The van der Waals surface area contributed by atoms with Gasteiger partial charge in [0, 0.05) is 0 Å². The van der Waals surface area contributed by atoms with Gasteiger partial charge in [0.1, 0.15) is 11.5 Å². The molecule has 0 atom stereocenters. The summed E-state index contributed by atoms with van der Waals surface area (Å²) in [5.74, 6) is 0.670. The van der Waals surface area contributed by atoms with Crippen molar-refractivity contribution in [1.29, 1.82) is 0 Å². The zero-order valence-electron chi connectivity index (χ0n) is 16.9. The largest absolute Gasteiger partial charge is 0.519 e. The molecule has 0 amide bonds. The molecule has 0 N–H and O–H groups in total. The molecular formula is C25H18N4O3. The maximum absolute atomic E-state index is 12.0. The van der Waals surface area contributed by atoms with Crippen LogP contribution in [0.3, 0.4) is 0 Å². The van der Waals surface area contributed by atoms with Crippen LogP contribution in [0.1, 0.15) is 0 Å². The van der Waals surface area contributed by atoms with Gasteiger partial charge < -0.3 is 9.47 Å². The van der Waals surface area contributed by atoms with Crippen molar-refractivity contribution in [1.82, 2.24) is 0 Å². The molecule has 0 fully saturated rings. The third-order valence-electron chi connectivity index (χ3n) is 4.15. The molecule has 0 aromatic heterocycles. The molecule has 0 aliphatic heterocycles. The SMILES string of the molecule is O=C(Oc1ccc(N=Nc2ccccc2)cc1)Oc1ccc(N=Nc2ccccc2)cc1. The molecule has 0 saturated carbocycles. The fraction of sp³-hybridized carbons (Fsp3) is 0. The monoisotopic (exact) mass is 422 g/mol. The summed E-state index contributed by atoms with van der Waals surface area (Å²) < 4.78 is 10.4. The van der Waals surface area contributed by atoms with E-state index < -0.39 is 6.16 Å². The Kier molecular flexibility index (Phi) is 6.70. The minimum atomic E-state index is -0.845. The van der Waals surface area contributed by atoms with Crippen LogP contribution in [0.15, 0.2) is 130 Å². The van der Waals surface area contributed by atoms with E-state index in [0.717, 1.165) is 11.4 Å². The summed E-state index contributed by atoms with van der Waals surface area (Å²) in [6.07, 6.45) is -0.845. The van der Waals surface area contributed by atoms with Gasteiger partial charge in [0.15, 0.2) is 0 Å². The summed E-state index contributed by atoms with van der Waals surface area (Å²) in [6, 6.07) is 32.1. The summed E-state index contributed by atoms with van der Waals surface area (Å²) >= 11 is 0. The summed E-state index contributed by atoms with van der Waals surface area (Å²) in [5.41, 5.74) is 2.78. The molecular weight excluding hydrogens is 404 g/mol. The van der Waals surface area contributed by atoms with Crippen LogP contribution >= 0.6 is 0 Å². The second-order valence-corrected chi connectivity index (χ2v) is 6.51. The van der Waals surface area contributed by atoms with Gasteiger partial charge in [-0.1, -0.05) is 36.4 Å². The maximum Gasteiger partial charge on any atom is 0.519 e. The molecule has 0 aliphatic carbocycles. The Morgan fingerprint density at radius 3 is 1.09 bits per heavy atom. The molecule has 0 bridgehead atoms. The zero-order valence-corrected chi connectivity index (χ0v) is 16.9. The highest BCUT2D eigenvalue weighted by Gasteiger charge is 2.08. The molecule has 7 heteroatoms. The number of carbonyl (C=O) groups is 1. The number of hydrogen-bond acceptors (Lipinski definition) is 7. The van der Waals surface area contributed by atoms with E-state index in [1.54, 1.807) is 48.5 Å². The van der Waals surface area contributed by atoms with Crippen LogP contribution in [-0.4, -0.2) is 6.16 Å². The van der Waals surface area contributed by atoms with Crippen LogP contribution in [0, 0.1) is 0 Å². The van der Waals surface area contributed by atoms with E-state index in [-0.39, 0.29) is 0 Å². The molecule has 4 rings (SSSR count). The van der Waals surface area contributed by atoms with Crippen molar-refractivity contribution < 1.29 is 14.3 Å². The second kappa shape index (κ2) is 10.4. The quantitative estimate of drug-likeness (QED) is 0.179. The number of nitrogens with zero attached hydrogens (tertiary/aromatic N) is 4. The third kappa shape index (κ3) is 6.17. The van der Waals surface area contributed by atoms with Crippen molar-refractivity contribution in [3.8, 4) is 11.5 Å². The normalized spacial score (nSPS) is 11.0. The van der Waals surface area contributed by atoms with Crippen LogP contribution < -0.4 is 9.47 Å². The third-order valence-corrected chi connectivity index (χ3v) is 4.15. The van der Waals surface area contributed by atoms with Gasteiger partial charge in [-0.3, -0.25) is 0 Å². The minimum absolute atomic E-state index is 0.335. The first-order valence-corrected chi connectivity index (χ1v) is 9.78. The standard InChI is InChI=1S/C25H18N4O3/c30-25(31-23-15-11-21(12-16-23)28-26-19-7-3-1-4-8-19)32-24-17-13-22(14-18-24)29-27-20-9-5-2-6-10-20/h1-18H. The predicted molar refractivity (Wildman–Crippen MR) is 121 cm³/mol. The zero-order chi connectivity index (χ0) is 22.0. The predicted octanol–water partition coefficient (Wildman–Crippen LogP) is 8.10. The Hall–Kier alpha value is -4.65. The molecule has 32 heavy (non-hydrogen) atoms. The smallest absolute Gasteiger partial charge is 0.395 e. The fourth-order valence-electron chi connectivity index (χ4n) is 2.60. The van der Waals surface area contributed by atoms with E-state index >= 15 is 0 Å². The Morgan fingerprint density at radius 2 is 0.750 bits per heavy atom. The van der Waals surface area contributed by atoms with E-state index in [4.69, 9.17) is 9.47 Å². The summed E-state index contributed by atoms with van der Waals surface area (Å²) in [7, 11) is 0. The molecule has 0 heterocycles. The van der Waals surface area contributed by atoms with Gasteiger partial charge in [0.05, 0.1) is 22.7 Å². The average molecular weight is 422 g/mol. The molecule has 0 unspecified atom stereocenters. The first-order valence-electron chi connectivity index (χ1n) is 9.78. The maximum atomic E-state index is 12.0. The Bertz CT molecular complexity index is 1110. The molecule has 7 nitrogen and oxygen atoms in total. The highest BCUT2D eigenvalue weighted by Crippen LogP contribution is 2.23. The van der Waals surface area contributed by atoms with E-state index in [2.05, 4.69) is 20.5 Å². The Morgan fingerprint density at radius 1 is 0.438 bits per heavy atom. The fourth-order valence-corrected chi connectivity index (χ4v) is 2.60. The van der Waals surface area contributed by atoms with Crippen molar-refractivity contribution >= 4 is 28.9 Å². The molecule has 4 aromatic rings. The van der Waals surface area contributed by atoms with Gasteiger partial charge in [-0.15, -0.1) is 0 Å². The van der Waals surface area contributed by atoms with Crippen LogP contribution in [-0.2, 0) is 0 Å². The lowest BCUT2D eigenvalue weighted by molar-refractivity contribution is 0.152. The molecule has 0 aliphatic rings. The van der Waals surface area contributed by atoms with Crippen LogP contribution in [0.5, 0.6) is 11.5 Å².